The average Bonchev–Trinajstić information content (AvgIpc) is 3.13. The van der Waals surface area contributed by atoms with Gasteiger partial charge in [-0.3, -0.25) is 0 Å². The van der Waals surface area contributed by atoms with Gasteiger partial charge in [0, 0.05) is 19.5 Å². The Morgan fingerprint density at radius 1 is 0.500 bits per heavy atom. The molecule has 0 aliphatic heterocycles. The Bertz CT molecular complexity index is 612. The predicted molar refractivity (Wildman–Crippen MR) is 122 cm³/mol. The van der Waals surface area contributed by atoms with Crippen molar-refractivity contribution in [3.63, 3.8) is 0 Å². The van der Waals surface area contributed by atoms with Crippen molar-refractivity contribution in [3.05, 3.63) is 85.8 Å². The summed E-state index contributed by atoms with van der Waals surface area (Å²) in [5.41, 5.74) is -5.65. The van der Waals surface area contributed by atoms with Gasteiger partial charge in [-0.05, 0) is 59.2 Å². The van der Waals surface area contributed by atoms with Gasteiger partial charge in [-0.1, -0.05) is 69.2 Å². The molecule has 13 heteroatoms. The molecule has 38 heavy (non-hydrogen) atoms. The minimum atomic E-state index is -6.09. The van der Waals surface area contributed by atoms with Gasteiger partial charge >= 0.3 is 70.2 Å². The van der Waals surface area contributed by atoms with Crippen molar-refractivity contribution in [2.45, 2.75) is 74.7 Å². The van der Waals surface area contributed by atoms with E-state index in [2.05, 4.69) is 95.8 Å². The maximum absolute atomic E-state index is 10.7. The molecule has 2 fully saturated rings. The number of halogens is 3. The zero-order valence-electron chi connectivity index (χ0n) is 22.6. The van der Waals surface area contributed by atoms with Gasteiger partial charge in [0.2, 0.25) is 0 Å². The third kappa shape index (κ3) is 18.3. The molecule has 2 rings (SSSR count). The standard InChI is InChI=1S/2C10H15.CHF3O3S.4CO.2Ru.H/c2*1-6-7(2)9(4)10(5)8(6)3;2-1(3,4)8(5,6)7;4*1-2;;;/h2*1-5H3;(H,5,6,7);;;;;;;/q;;;;;;;;+1;/p-1. The number of hydrogen-bond donors (Lipinski definition) is 0. The second-order valence-electron chi connectivity index (χ2n) is 7.15. The molecule has 0 spiro atoms. The van der Waals surface area contributed by atoms with Crippen LogP contribution in [0.1, 0.15) is 69.2 Å². The molecule has 7 nitrogen and oxygen atoms in total. The van der Waals surface area contributed by atoms with Crippen molar-refractivity contribution in [2.24, 2.45) is 0 Å². The summed E-state index contributed by atoms with van der Waals surface area (Å²) in [5, 5.41) is 0. The Morgan fingerprint density at radius 2 is 0.553 bits per heavy atom. The van der Waals surface area contributed by atoms with Gasteiger partial charge < -0.3 is 4.55 Å². The molecule has 0 atom stereocenters. The van der Waals surface area contributed by atoms with E-state index in [1.807, 2.05) is 0 Å². The summed E-state index contributed by atoms with van der Waals surface area (Å²) < 4.78 is 88.9. The molecule has 0 heterocycles. The molecular weight excluding hydrogens is 703 g/mol. The van der Waals surface area contributed by atoms with E-state index in [4.69, 9.17) is 31.6 Å². The van der Waals surface area contributed by atoms with Gasteiger partial charge in [0.25, 0.3) is 0 Å². The second kappa shape index (κ2) is 27.1. The molecule has 2 aliphatic carbocycles. The first-order chi connectivity index (χ1) is 16.4. The SMILES string of the molecule is C[C]1[C](C)[C](C)[C](C)[C]1C.C[C]1[C](C)[C](C)[C](C)[C]1C.O=S(=O)([O-])C(F)(F)F.[C-]#[O+].[C-]#[O+].[C-]#[O+].[C-]#[O+].[RuH+].[Ru]. The molecule has 216 valence electrons. The maximum atomic E-state index is 10.7. The van der Waals surface area contributed by atoms with Crippen LogP contribution in [0.3, 0.4) is 0 Å². The van der Waals surface area contributed by atoms with Gasteiger partial charge in [-0.2, -0.15) is 13.2 Å². The van der Waals surface area contributed by atoms with Crippen molar-refractivity contribution < 1.29 is 83.7 Å². The second-order valence-corrected chi connectivity index (χ2v) is 8.52. The normalized spacial score (nSPS) is 18.2. The molecule has 2 saturated carbocycles. The molecule has 11 radical (unpaired) electrons. The Kier molecular flexibility index (Phi) is 38.5. The maximum Gasteiger partial charge on any atom is 0 e. The Morgan fingerprint density at radius 3 is 0.579 bits per heavy atom. The van der Waals surface area contributed by atoms with Gasteiger partial charge in [-0.15, -0.1) is 0 Å². The van der Waals surface area contributed by atoms with Crippen LogP contribution in [0.25, 0.3) is 0 Å². The number of hydrogen-bond acceptors (Lipinski definition) is 3. The van der Waals surface area contributed by atoms with E-state index in [9.17, 15) is 13.2 Å². The fraction of sp³-hybridized carbons (Fsp3) is 0.440. The zero-order valence-corrected chi connectivity index (χ0v) is 27.0. The van der Waals surface area contributed by atoms with Crippen molar-refractivity contribution in [2.75, 3.05) is 0 Å². The molecule has 0 aromatic carbocycles. The fourth-order valence-corrected chi connectivity index (χ4v) is 2.81. The van der Waals surface area contributed by atoms with E-state index in [1.54, 1.807) is 0 Å². The van der Waals surface area contributed by atoms with E-state index in [-0.39, 0.29) is 39.0 Å². The van der Waals surface area contributed by atoms with Crippen LogP contribution < -0.4 is 0 Å². The summed E-state index contributed by atoms with van der Waals surface area (Å²) in [6.07, 6.45) is 0. The van der Waals surface area contributed by atoms with Crippen molar-refractivity contribution in [3.8, 4) is 0 Å². The molecule has 0 aromatic rings. The van der Waals surface area contributed by atoms with Gasteiger partial charge in [0.1, 0.15) is 0 Å². The predicted octanol–water partition coefficient (Wildman–Crippen LogP) is 5.57. The topological polar surface area (TPSA) is 137 Å². The molecule has 0 amide bonds. The van der Waals surface area contributed by atoms with Crippen LogP contribution in [-0.2, 0) is 67.7 Å². The zero-order chi connectivity index (χ0) is 30.8. The van der Waals surface area contributed by atoms with E-state index in [0.717, 1.165) is 0 Å². The number of alkyl halides is 3. The Labute approximate surface area is 253 Å². The van der Waals surface area contributed by atoms with E-state index in [0.29, 0.717) is 0 Å². The summed E-state index contributed by atoms with van der Waals surface area (Å²) >= 11 is 0. The van der Waals surface area contributed by atoms with Crippen molar-refractivity contribution in [1.82, 2.24) is 0 Å². The fourth-order valence-electron chi connectivity index (χ4n) is 2.81. The molecule has 0 unspecified atom stereocenters. The van der Waals surface area contributed by atoms with Crippen LogP contribution >= 0.6 is 0 Å². The minimum Gasteiger partial charge on any atom is 0 e. The van der Waals surface area contributed by atoms with E-state index >= 15 is 0 Å². The third-order valence-electron chi connectivity index (χ3n) is 5.91. The monoisotopic (exact) mass is 736 g/mol. The minimum absolute atomic E-state index is 0. The van der Waals surface area contributed by atoms with Crippen LogP contribution in [0.2, 0.25) is 0 Å². The quantitative estimate of drug-likeness (QED) is 0.106. The summed E-state index contributed by atoms with van der Waals surface area (Å²) in [5.74, 6) is 14.7. The van der Waals surface area contributed by atoms with Crippen LogP contribution in [-0.4, -0.2) is 18.5 Å². The van der Waals surface area contributed by atoms with Crippen LogP contribution in [0.5, 0.6) is 0 Å². The summed E-state index contributed by atoms with van der Waals surface area (Å²) in [4.78, 5) is 0. The molecule has 2 aliphatic rings. The Balaban J connectivity index is -0.0000000656. The van der Waals surface area contributed by atoms with Crippen LogP contribution in [0.4, 0.5) is 13.2 Å². The largest absolute Gasteiger partial charge is 0 e. The first-order valence-electron chi connectivity index (χ1n) is 9.59. The summed E-state index contributed by atoms with van der Waals surface area (Å²) in [7, 11) is -6.09. The number of rotatable bonds is 0. The average molecular weight is 735 g/mol. The van der Waals surface area contributed by atoms with Gasteiger partial charge in [-0.25, -0.2) is 8.42 Å². The Hall–Kier alpha value is -0.0932. The molecular formula is C25H31F3O7Ru2S. The molecule has 0 aromatic heterocycles. The first-order valence-corrected chi connectivity index (χ1v) is 11.0. The van der Waals surface area contributed by atoms with Crippen molar-refractivity contribution >= 4 is 10.1 Å². The van der Waals surface area contributed by atoms with E-state index in [1.165, 1.54) is 59.2 Å². The third-order valence-corrected chi connectivity index (χ3v) is 6.48. The van der Waals surface area contributed by atoms with Gasteiger partial charge in [0.05, 0.1) is 0 Å². The van der Waals surface area contributed by atoms with Crippen molar-refractivity contribution in [1.29, 1.82) is 0 Å². The molecule has 0 bridgehead atoms. The summed E-state index contributed by atoms with van der Waals surface area (Å²) in [6.45, 7) is 40.0. The summed E-state index contributed by atoms with van der Waals surface area (Å²) in [6, 6.07) is 0. The molecule has 0 saturated heterocycles. The van der Waals surface area contributed by atoms with Crippen LogP contribution in [0.15, 0.2) is 0 Å². The van der Waals surface area contributed by atoms with Crippen LogP contribution in [0, 0.1) is 85.8 Å². The molecule has 0 N–H and O–H groups in total. The van der Waals surface area contributed by atoms with Gasteiger partial charge in [0.15, 0.2) is 10.1 Å². The van der Waals surface area contributed by atoms with E-state index < -0.39 is 15.6 Å². The first kappa shape index (κ1) is 54.1. The smallest absolute Gasteiger partial charge is 0 e.